The number of para-hydroxylation sites is 2. The molecule has 28 heavy (non-hydrogen) atoms. The van der Waals surface area contributed by atoms with E-state index < -0.39 is 5.97 Å². The predicted octanol–water partition coefficient (Wildman–Crippen LogP) is 3.27. The van der Waals surface area contributed by atoms with E-state index in [0.717, 1.165) is 24.3 Å². The molecule has 0 spiro atoms. The van der Waals surface area contributed by atoms with Gasteiger partial charge in [0.15, 0.2) is 11.5 Å². The van der Waals surface area contributed by atoms with Crippen LogP contribution in [0.4, 0.5) is 15.9 Å². The molecule has 0 saturated carbocycles. The number of aromatic nitrogens is 2. The highest BCUT2D eigenvalue weighted by molar-refractivity contribution is 5.95. The summed E-state index contributed by atoms with van der Waals surface area (Å²) in [5, 5.41) is 0. The average molecular weight is 380 g/mol. The smallest absolute Gasteiger partial charge is 0.360 e. The lowest BCUT2D eigenvalue weighted by Gasteiger charge is -2.37. The van der Waals surface area contributed by atoms with Crippen molar-refractivity contribution in [3.8, 4) is 0 Å². The van der Waals surface area contributed by atoms with E-state index in [9.17, 15) is 9.18 Å². The van der Waals surface area contributed by atoms with Gasteiger partial charge in [-0.05, 0) is 43.3 Å². The SMILES string of the molecule is CCOC(=O)c1nc2ccccc2nc1N1CCN(c2ccc(F)cc2)CC1. The summed E-state index contributed by atoms with van der Waals surface area (Å²) in [5.41, 5.74) is 2.64. The Morgan fingerprint density at radius 1 is 0.964 bits per heavy atom. The summed E-state index contributed by atoms with van der Waals surface area (Å²) in [6.45, 7) is 4.89. The predicted molar refractivity (Wildman–Crippen MR) is 106 cm³/mol. The van der Waals surface area contributed by atoms with Gasteiger partial charge < -0.3 is 14.5 Å². The number of ether oxygens (including phenoxy) is 1. The second-order valence-corrected chi connectivity index (χ2v) is 6.56. The molecule has 1 aliphatic heterocycles. The van der Waals surface area contributed by atoms with Crippen molar-refractivity contribution in [3.63, 3.8) is 0 Å². The molecule has 2 aromatic carbocycles. The summed E-state index contributed by atoms with van der Waals surface area (Å²) in [6.07, 6.45) is 0. The molecule has 0 amide bonds. The van der Waals surface area contributed by atoms with Gasteiger partial charge in [-0.3, -0.25) is 0 Å². The Morgan fingerprint density at radius 3 is 2.21 bits per heavy atom. The third-order valence-electron chi connectivity index (χ3n) is 4.79. The summed E-state index contributed by atoms with van der Waals surface area (Å²) in [5.74, 6) is -0.152. The molecular formula is C21H21FN4O2. The molecule has 0 atom stereocenters. The van der Waals surface area contributed by atoms with Crippen molar-refractivity contribution >= 4 is 28.5 Å². The van der Waals surface area contributed by atoms with E-state index in [1.54, 1.807) is 19.1 Å². The second-order valence-electron chi connectivity index (χ2n) is 6.56. The maximum atomic E-state index is 13.2. The van der Waals surface area contributed by atoms with Gasteiger partial charge in [0.25, 0.3) is 0 Å². The van der Waals surface area contributed by atoms with Crippen LogP contribution in [0.25, 0.3) is 11.0 Å². The zero-order valence-electron chi connectivity index (χ0n) is 15.6. The number of anilines is 2. The number of esters is 1. The Balaban J connectivity index is 1.60. The molecule has 144 valence electrons. The van der Waals surface area contributed by atoms with Crippen LogP contribution < -0.4 is 9.80 Å². The van der Waals surface area contributed by atoms with Crippen molar-refractivity contribution in [1.82, 2.24) is 9.97 Å². The number of nitrogens with zero attached hydrogens (tertiary/aromatic N) is 4. The van der Waals surface area contributed by atoms with Gasteiger partial charge in [-0.2, -0.15) is 0 Å². The van der Waals surface area contributed by atoms with Crippen molar-refractivity contribution in [2.24, 2.45) is 0 Å². The molecule has 1 aliphatic rings. The van der Waals surface area contributed by atoms with E-state index in [2.05, 4.69) is 14.8 Å². The highest BCUT2D eigenvalue weighted by atomic mass is 19.1. The molecule has 1 aromatic heterocycles. The van der Waals surface area contributed by atoms with Crippen LogP contribution in [0.2, 0.25) is 0 Å². The highest BCUT2D eigenvalue weighted by Gasteiger charge is 2.25. The maximum Gasteiger partial charge on any atom is 0.360 e. The summed E-state index contributed by atoms with van der Waals surface area (Å²) >= 11 is 0. The Morgan fingerprint density at radius 2 is 1.57 bits per heavy atom. The van der Waals surface area contributed by atoms with Gasteiger partial charge in [0.05, 0.1) is 17.6 Å². The van der Waals surface area contributed by atoms with Crippen molar-refractivity contribution < 1.29 is 13.9 Å². The molecule has 2 heterocycles. The van der Waals surface area contributed by atoms with Crippen LogP contribution in [0, 0.1) is 5.82 Å². The first-order chi connectivity index (χ1) is 13.7. The molecule has 7 heteroatoms. The van der Waals surface area contributed by atoms with E-state index >= 15 is 0 Å². The quantitative estimate of drug-likeness (QED) is 0.648. The van der Waals surface area contributed by atoms with Crippen molar-refractivity contribution in [1.29, 1.82) is 0 Å². The monoisotopic (exact) mass is 380 g/mol. The Bertz CT molecular complexity index is 985. The number of hydrogen-bond acceptors (Lipinski definition) is 6. The topological polar surface area (TPSA) is 58.6 Å². The second kappa shape index (κ2) is 7.80. The van der Waals surface area contributed by atoms with Gasteiger partial charge in [-0.1, -0.05) is 12.1 Å². The molecule has 4 rings (SSSR count). The largest absolute Gasteiger partial charge is 0.461 e. The zero-order valence-corrected chi connectivity index (χ0v) is 15.6. The third-order valence-corrected chi connectivity index (χ3v) is 4.79. The van der Waals surface area contributed by atoms with Gasteiger partial charge in [-0.25, -0.2) is 19.2 Å². The third kappa shape index (κ3) is 3.60. The van der Waals surface area contributed by atoms with Crippen LogP contribution in [0.1, 0.15) is 17.4 Å². The van der Waals surface area contributed by atoms with Crippen molar-refractivity contribution in [3.05, 3.63) is 60.0 Å². The molecular weight excluding hydrogens is 359 g/mol. The summed E-state index contributed by atoms with van der Waals surface area (Å²) in [4.78, 5) is 26.0. The molecule has 0 radical (unpaired) electrons. The van der Waals surface area contributed by atoms with Crippen LogP contribution in [0.5, 0.6) is 0 Å². The van der Waals surface area contributed by atoms with Crippen molar-refractivity contribution in [2.75, 3.05) is 42.6 Å². The molecule has 1 fully saturated rings. The fraction of sp³-hybridized carbons (Fsp3) is 0.286. The standard InChI is InChI=1S/C21H21FN4O2/c1-2-28-21(27)19-20(24-18-6-4-3-5-17(18)23-19)26-13-11-25(12-14-26)16-9-7-15(22)8-10-16/h3-10H,2,11-14H2,1H3. The zero-order chi connectivity index (χ0) is 19.5. The minimum atomic E-state index is -0.461. The van der Waals surface area contributed by atoms with E-state index in [1.807, 2.05) is 24.3 Å². The Kier molecular flexibility index (Phi) is 5.06. The van der Waals surface area contributed by atoms with Crippen molar-refractivity contribution in [2.45, 2.75) is 6.92 Å². The number of carbonyl (C=O) groups excluding carboxylic acids is 1. The lowest BCUT2D eigenvalue weighted by Crippen LogP contribution is -2.47. The van der Waals surface area contributed by atoms with E-state index in [0.29, 0.717) is 24.4 Å². The van der Waals surface area contributed by atoms with Gasteiger partial charge in [0.2, 0.25) is 0 Å². The fourth-order valence-corrected chi connectivity index (χ4v) is 3.38. The minimum Gasteiger partial charge on any atom is -0.461 e. The van der Waals surface area contributed by atoms with E-state index in [1.165, 1.54) is 12.1 Å². The lowest BCUT2D eigenvalue weighted by atomic mass is 10.2. The number of fused-ring (bicyclic) bond motifs is 1. The first-order valence-electron chi connectivity index (χ1n) is 9.35. The van der Waals surface area contributed by atoms with Gasteiger partial charge >= 0.3 is 5.97 Å². The first kappa shape index (κ1) is 18.2. The summed E-state index contributed by atoms with van der Waals surface area (Å²) in [7, 11) is 0. The molecule has 0 aliphatic carbocycles. The van der Waals surface area contributed by atoms with Crippen LogP contribution >= 0.6 is 0 Å². The summed E-state index contributed by atoms with van der Waals surface area (Å²) < 4.78 is 18.4. The minimum absolute atomic E-state index is 0.243. The number of hydrogen-bond donors (Lipinski definition) is 0. The number of halogens is 1. The fourth-order valence-electron chi connectivity index (χ4n) is 3.38. The lowest BCUT2D eigenvalue weighted by molar-refractivity contribution is 0.0520. The van der Waals surface area contributed by atoms with Gasteiger partial charge in [0.1, 0.15) is 5.82 Å². The first-order valence-corrected chi connectivity index (χ1v) is 9.35. The van der Waals surface area contributed by atoms with E-state index in [4.69, 9.17) is 9.72 Å². The van der Waals surface area contributed by atoms with Crippen LogP contribution in [0.3, 0.4) is 0 Å². The number of benzene rings is 2. The van der Waals surface area contributed by atoms with Crippen LogP contribution in [-0.4, -0.2) is 48.7 Å². The molecule has 0 N–H and O–H groups in total. The molecule has 0 bridgehead atoms. The van der Waals surface area contributed by atoms with E-state index in [-0.39, 0.29) is 18.1 Å². The maximum absolute atomic E-state index is 13.2. The molecule has 6 nitrogen and oxygen atoms in total. The van der Waals surface area contributed by atoms with Crippen LogP contribution in [0.15, 0.2) is 48.5 Å². The summed E-state index contributed by atoms with van der Waals surface area (Å²) in [6, 6.07) is 14.0. The van der Waals surface area contributed by atoms with Crippen LogP contribution in [-0.2, 0) is 4.74 Å². The number of carbonyl (C=O) groups is 1. The highest BCUT2D eigenvalue weighted by Crippen LogP contribution is 2.24. The molecule has 0 unspecified atom stereocenters. The normalized spacial score (nSPS) is 14.4. The number of rotatable bonds is 4. The Hall–Kier alpha value is -3.22. The van der Waals surface area contributed by atoms with Gasteiger partial charge in [-0.15, -0.1) is 0 Å². The number of piperazine rings is 1. The molecule has 1 saturated heterocycles. The average Bonchev–Trinajstić information content (AvgIpc) is 2.74. The van der Waals surface area contributed by atoms with Gasteiger partial charge in [0, 0.05) is 31.9 Å². The molecule has 3 aromatic rings. The Labute approximate surface area is 162 Å².